The number of hydrogen-bond acceptors (Lipinski definition) is 4. The fraction of sp³-hybridized carbons (Fsp3) is 0.200. The van der Waals surface area contributed by atoms with E-state index in [2.05, 4.69) is 10.7 Å². The molecule has 0 atom stereocenters. The van der Waals surface area contributed by atoms with Gasteiger partial charge >= 0.3 is 12.1 Å². The largest absolute Gasteiger partial charge is 0.490 e. The molecule has 0 aliphatic heterocycles. The van der Waals surface area contributed by atoms with Crippen LogP contribution < -0.4 is 16.6 Å². The Morgan fingerprint density at radius 2 is 1.63 bits per heavy atom. The average molecular weight is 279 g/mol. The van der Waals surface area contributed by atoms with E-state index >= 15 is 0 Å². The zero-order valence-corrected chi connectivity index (χ0v) is 9.78. The highest BCUT2D eigenvalue weighted by Gasteiger charge is 2.38. The number of aliphatic carboxylic acids is 1. The van der Waals surface area contributed by atoms with Gasteiger partial charge in [-0.15, -0.1) is 0 Å². The molecule has 1 aromatic rings. The molecule has 0 spiro atoms. The molecule has 9 heteroatoms. The molecule has 0 fully saturated rings. The van der Waals surface area contributed by atoms with Crippen molar-refractivity contribution in [2.75, 3.05) is 12.5 Å². The SMILES string of the molecule is CNC(=O)c1ccc(NN)cc1.O=C(O)C(F)(F)F. The summed E-state index contributed by atoms with van der Waals surface area (Å²) in [6, 6.07) is 6.89. The molecule has 1 aromatic carbocycles. The van der Waals surface area contributed by atoms with E-state index in [1.165, 1.54) is 0 Å². The number of hydrazine groups is 1. The van der Waals surface area contributed by atoms with E-state index < -0.39 is 12.1 Å². The number of carboxylic acids is 1. The summed E-state index contributed by atoms with van der Waals surface area (Å²) in [7, 11) is 1.59. The normalized spacial score (nSPS) is 9.95. The van der Waals surface area contributed by atoms with Gasteiger partial charge in [-0.3, -0.25) is 10.6 Å². The van der Waals surface area contributed by atoms with Crippen LogP contribution in [-0.4, -0.2) is 30.2 Å². The molecule has 1 amide bonds. The number of nitrogens with two attached hydrogens (primary N) is 1. The first-order valence-corrected chi connectivity index (χ1v) is 4.81. The molecule has 19 heavy (non-hydrogen) atoms. The van der Waals surface area contributed by atoms with Crippen LogP contribution in [0.5, 0.6) is 0 Å². The van der Waals surface area contributed by atoms with Crippen LogP contribution in [0.3, 0.4) is 0 Å². The number of benzene rings is 1. The molecule has 5 N–H and O–H groups in total. The molecule has 1 rings (SSSR count). The maximum atomic E-state index is 11.1. The summed E-state index contributed by atoms with van der Waals surface area (Å²) in [6.45, 7) is 0. The van der Waals surface area contributed by atoms with Gasteiger partial charge in [-0.1, -0.05) is 0 Å². The van der Waals surface area contributed by atoms with Gasteiger partial charge in [0.2, 0.25) is 0 Å². The Kier molecular flexibility index (Phi) is 6.34. The summed E-state index contributed by atoms with van der Waals surface area (Å²) in [6.07, 6.45) is -5.08. The lowest BCUT2D eigenvalue weighted by Crippen LogP contribution is -2.21. The van der Waals surface area contributed by atoms with Crippen molar-refractivity contribution in [3.63, 3.8) is 0 Å². The Hall–Kier alpha value is -2.29. The molecule has 106 valence electrons. The number of alkyl halides is 3. The van der Waals surface area contributed by atoms with E-state index in [1.54, 1.807) is 31.3 Å². The van der Waals surface area contributed by atoms with Gasteiger partial charge < -0.3 is 15.8 Å². The van der Waals surface area contributed by atoms with E-state index in [0.29, 0.717) is 5.56 Å². The monoisotopic (exact) mass is 279 g/mol. The fourth-order valence-corrected chi connectivity index (χ4v) is 0.862. The molecule has 0 unspecified atom stereocenters. The Morgan fingerprint density at radius 3 is 1.89 bits per heavy atom. The summed E-state index contributed by atoms with van der Waals surface area (Å²) in [5, 5.41) is 9.65. The Morgan fingerprint density at radius 1 is 1.21 bits per heavy atom. The number of hydrogen-bond donors (Lipinski definition) is 4. The third-order valence-electron chi connectivity index (χ3n) is 1.78. The number of carbonyl (C=O) groups excluding carboxylic acids is 1. The summed E-state index contributed by atoms with van der Waals surface area (Å²) < 4.78 is 31.7. The molecule has 0 heterocycles. The van der Waals surface area contributed by atoms with E-state index in [9.17, 15) is 18.0 Å². The molecule has 6 nitrogen and oxygen atoms in total. The minimum absolute atomic E-state index is 0.0985. The Labute approximate surface area is 106 Å². The first-order chi connectivity index (χ1) is 8.72. The second-order valence-corrected chi connectivity index (χ2v) is 3.10. The number of amides is 1. The Bertz CT molecular complexity index is 432. The topological polar surface area (TPSA) is 104 Å². The van der Waals surface area contributed by atoms with E-state index in [-0.39, 0.29) is 5.91 Å². The lowest BCUT2D eigenvalue weighted by atomic mass is 10.2. The van der Waals surface area contributed by atoms with Crippen LogP contribution in [0.25, 0.3) is 0 Å². The predicted molar refractivity (Wildman–Crippen MR) is 61.3 cm³/mol. The lowest BCUT2D eigenvalue weighted by molar-refractivity contribution is -0.192. The van der Waals surface area contributed by atoms with E-state index in [1.807, 2.05) is 0 Å². The maximum absolute atomic E-state index is 11.1. The van der Waals surface area contributed by atoms with Crippen LogP contribution in [0.2, 0.25) is 0 Å². The minimum Gasteiger partial charge on any atom is -0.475 e. The molecule has 0 aliphatic rings. The molecule has 0 bridgehead atoms. The van der Waals surface area contributed by atoms with Crippen molar-refractivity contribution in [3.8, 4) is 0 Å². The van der Waals surface area contributed by atoms with Gasteiger partial charge in [-0.25, -0.2) is 4.79 Å². The third kappa shape index (κ3) is 6.27. The van der Waals surface area contributed by atoms with E-state index in [4.69, 9.17) is 15.7 Å². The number of nitrogen functional groups attached to an aromatic ring is 1. The van der Waals surface area contributed by atoms with Gasteiger partial charge in [0.15, 0.2) is 0 Å². The van der Waals surface area contributed by atoms with Crippen LogP contribution in [0.15, 0.2) is 24.3 Å². The number of carboxylic acid groups (broad SMARTS) is 1. The van der Waals surface area contributed by atoms with Gasteiger partial charge in [0.1, 0.15) is 0 Å². The highest BCUT2D eigenvalue weighted by molar-refractivity contribution is 5.94. The van der Waals surface area contributed by atoms with Crippen LogP contribution in [0.4, 0.5) is 18.9 Å². The highest BCUT2D eigenvalue weighted by Crippen LogP contribution is 2.13. The van der Waals surface area contributed by atoms with Crippen LogP contribution in [0, 0.1) is 0 Å². The molecular weight excluding hydrogens is 267 g/mol. The number of rotatable bonds is 2. The van der Waals surface area contributed by atoms with Gasteiger partial charge in [-0.05, 0) is 24.3 Å². The Balaban J connectivity index is 0.000000399. The van der Waals surface area contributed by atoms with Gasteiger partial charge in [0.05, 0.1) is 0 Å². The molecular formula is C10H12F3N3O3. The lowest BCUT2D eigenvalue weighted by Gasteiger charge is -2.01. The average Bonchev–Trinajstić information content (AvgIpc) is 2.37. The molecule has 0 saturated heterocycles. The summed E-state index contributed by atoms with van der Waals surface area (Å²) >= 11 is 0. The number of halogens is 3. The number of nitrogens with one attached hydrogen (secondary N) is 2. The van der Waals surface area contributed by atoms with E-state index in [0.717, 1.165) is 5.69 Å². The van der Waals surface area contributed by atoms with Gasteiger partial charge in [0.25, 0.3) is 5.91 Å². The molecule has 0 saturated carbocycles. The maximum Gasteiger partial charge on any atom is 0.490 e. The van der Waals surface area contributed by atoms with Crippen LogP contribution in [-0.2, 0) is 4.79 Å². The van der Waals surface area contributed by atoms with Crippen molar-refractivity contribution >= 4 is 17.6 Å². The van der Waals surface area contributed by atoms with Crippen molar-refractivity contribution in [2.24, 2.45) is 5.84 Å². The predicted octanol–water partition coefficient (Wildman–Crippen LogP) is 0.965. The summed E-state index contributed by atoms with van der Waals surface area (Å²) in [5.74, 6) is 2.30. The van der Waals surface area contributed by atoms with Crippen molar-refractivity contribution in [3.05, 3.63) is 29.8 Å². The van der Waals surface area contributed by atoms with Crippen molar-refractivity contribution in [1.29, 1.82) is 0 Å². The fourth-order valence-electron chi connectivity index (χ4n) is 0.862. The van der Waals surface area contributed by atoms with Gasteiger partial charge in [0, 0.05) is 18.3 Å². The standard InChI is InChI=1S/C8H11N3O.C2HF3O2/c1-10-8(12)6-2-4-7(11-9)5-3-6;3-2(4,5)1(6)7/h2-5,11H,9H2,1H3,(H,10,12);(H,6,7). The molecule has 0 aliphatic carbocycles. The zero-order chi connectivity index (χ0) is 15.1. The molecule has 0 aromatic heterocycles. The smallest absolute Gasteiger partial charge is 0.475 e. The summed E-state index contributed by atoms with van der Waals surface area (Å²) in [4.78, 5) is 19.9. The molecule has 0 radical (unpaired) electrons. The van der Waals surface area contributed by atoms with Crippen molar-refractivity contribution < 1.29 is 27.9 Å². The van der Waals surface area contributed by atoms with Crippen molar-refractivity contribution in [1.82, 2.24) is 5.32 Å². The van der Waals surface area contributed by atoms with Crippen molar-refractivity contribution in [2.45, 2.75) is 6.18 Å². The third-order valence-corrected chi connectivity index (χ3v) is 1.78. The van der Waals surface area contributed by atoms with Gasteiger partial charge in [-0.2, -0.15) is 13.2 Å². The second kappa shape index (κ2) is 7.21. The highest BCUT2D eigenvalue weighted by atomic mass is 19.4. The zero-order valence-electron chi connectivity index (χ0n) is 9.78. The van der Waals surface area contributed by atoms with Crippen LogP contribution in [0.1, 0.15) is 10.4 Å². The first-order valence-electron chi connectivity index (χ1n) is 4.81. The quantitative estimate of drug-likeness (QED) is 0.477. The second-order valence-electron chi connectivity index (χ2n) is 3.10. The number of carbonyl (C=O) groups is 2. The number of anilines is 1. The first kappa shape index (κ1) is 16.7. The van der Waals surface area contributed by atoms with Crippen LogP contribution >= 0.6 is 0 Å². The minimum atomic E-state index is -5.08. The summed E-state index contributed by atoms with van der Waals surface area (Å²) in [5.41, 5.74) is 3.88.